The van der Waals surface area contributed by atoms with Crippen molar-refractivity contribution in [2.45, 2.75) is 57.9 Å². The smallest absolute Gasteiger partial charge is 0.231 e. The Bertz CT molecular complexity index is 508. The number of carbonyl (C=O) groups excluding carboxylic acids is 1. The van der Waals surface area contributed by atoms with Gasteiger partial charge in [-0.3, -0.25) is 4.79 Å². The molecule has 0 saturated carbocycles. The largest absolute Gasteiger partial charge is 0.381 e. The molecule has 0 spiro atoms. The highest BCUT2D eigenvalue weighted by Crippen LogP contribution is 2.35. The number of rotatable bonds is 9. The number of benzene rings is 1. The van der Waals surface area contributed by atoms with Crippen LogP contribution in [0.1, 0.15) is 52.0 Å². The lowest BCUT2D eigenvalue weighted by molar-refractivity contribution is -0.131. The quantitative estimate of drug-likeness (QED) is 0.745. The third-order valence-electron chi connectivity index (χ3n) is 5.49. The lowest BCUT2D eigenvalue weighted by Gasteiger charge is -2.37. The average Bonchev–Trinajstić information content (AvgIpc) is 2.66. The van der Waals surface area contributed by atoms with Crippen molar-refractivity contribution in [2.24, 2.45) is 0 Å². The van der Waals surface area contributed by atoms with Gasteiger partial charge in [-0.25, -0.2) is 0 Å². The molecular formula is C21H34N2O2. The Morgan fingerprint density at radius 2 is 1.84 bits per heavy atom. The van der Waals surface area contributed by atoms with Crippen LogP contribution in [0.4, 0.5) is 0 Å². The lowest BCUT2D eigenvalue weighted by Crippen LogP contribution is -2.50. The van der Waals surface area contributed by atoms with E-state index < -0.39 is 5.41 Å². The Morgan fingerprint density at radius 3 is 2.44 bits per heavy atom. The number of nitrogens with zero attached hydrogens (tertiary/aromatic N) is 1. The van der Waals surface area contributed by atoms with Gasteiger partial charge in [-0.1, -0.05) is 44.2 Å². The van der Waals surface area contributed by atoms with Gasteiger partial charge in [0, 0.05) is 19.3 Å². The second-order valence-corrected chi connectivity index (χ2v) is 7.10. The van der Waals surface area contributed by atoms with Crippen LogP contribution in [0, 0.1) is 0 Å². The van der Waals surface area contributed by atoms with E-state index in [4.69, 9.17) is 4.74 Å². The summed E-state index contributed by atoms with van der Waals surface area (Å²) >= 11 is 0. The van der Waals surface area contributed by atoms with Gasteiger partial charge in [0.2, 0.25) is 5.91 Å². The third-order valence-corrected chi connectivity index (χ3v) is 5.49. The highest BCUT2D eigenvalue weighted by atomic mass is 16.5. The Morgan fingerprint density at radius 1 is 1.20 bits per heavy atom. The van der Waals surface area contributed by atoms with Crippen molar-refractivity contribution in [2.75, 3.05) is 32.8 Å². The number of hydrogen-bond acceptors (Lipinski definition) is 3. The van der Waals surface area contributed by atoms with Crippen molar-refractivity contribution in [3.05, 3.63) is 35.9 Å². The zero-order chi connectivity index (χ0) is 18.1. The van der Waals surface area contributed by atoms with E-state index in [9.17, 15) is 4.79 Å². The molecule has 1 saturated heterocycles. The Hall–Kier alpha value is -1.39. The van der Waals surface area contributed by atoms with Gasteiger partial charge >= 0.3 is 0 Å². The van der Waals surface area contributed by atoms with Crippen LogP contribution in [0.25, 0.3) is 0 Å². The molecule has 2 rings (SSSR count). The Labute approximate surface area is 152 Å². The maximum absolute atomic E-state index is 13.2. The summed E-state index contributed by atoms with van der Waals surface area (Å²) in [6.45, 7) is 11.1. The first-order chi connectivity index (χ1) is 12.1. The summed E-state index contributed by atoms with van der Waals surface area (Å²) in [5.74, 6) is 0.164. The van der Waals surface area contributed by atoms with Gasteiger partial charge in [-0.15, -0.1) is 0 Å². The number of carbonyl (C=O) groups is 1. The number of hydrogen-bond donors (Lipinski definition) is 1. The van der Waals surface area contributed by atoms with Crippen LogP contribution >= 0.6 is 0 Å². The van der Waals surface area contributed by atoms with Gasteiger partial charge in [0.1, 0.15) is 0 Å². The summed E-state index contributed by atoms with van der Waals surface area (Å²) in [6, 6.07) is 10.4. The van der Waals surface area contributed by atoms with Crippen LogP contribution < -0.4 is 5.32 Å². The molecule has 25 heavy (non-hydrogen) atoms. The maximum atomic E-state index is 13.2. The summed E-state index contributed by atoms with van der Waals surface area (Å²) in [5.41, 5.74) is 0.679. The fourth-order valence-corrected chi connectivity index (χ4v) is 3.72. The van der Waals surface area contributed by atoms with E-state index in [2.05, 4.69) is 43.1 Å². The molecule has 0 radical (unpaired) electrons. The molecule has 1 aliphatic heterocycles. The molecule has 0 unspecified atom stereocenters. The first kappa shape index (κ1) is 19.9. The van der Waals surface area contributed by atoms with E-state index in [0.717, 1.165) is 50.9 Å². The van der Waals surface area contributed by atoms with E-state index in [-0.39, 0.29) is 11.9 Å². The van der Waals surface area contributed by atoms with Crippen LogP contribution in [0.3, 0.4) is 0 Å². The maximum Gasteiger partial charge on any atom is 0.231 e. The predicted molar refractivity (Wildman–Crippen MR) is 103 cm³/mol. The van der Waals surface area contributed by atoms with E-state index in [1.165, 1.54) is 0 Å². The van der Waals surface area contributed by atoms with Crippen molar-refractivity contribution in [1.82, 2.24) is 10.2 Å². The number of amides is 1. The van der Waals surface area contributed by atoms with Gasteiger partial charge in [-0.05, 0) is 57.8 Å². The van der Waals surface area contributed by atoms with Crippen molar-refractivity contribution in [3.63, 3.8) is 0 Å². The number of ether oxygens (including phenoxy) is 1. The summed E-state index contributed by atoms with van der Waals surface area (Å²) < 4.78 is 5.53. The van der Waals surface area contributed by atoms with Gasteiger partial charge in [0.25, 0.3) is 0 Å². The monoisotopic (exact) mass is 346 g/mol. The molecule has 1 aromatic rings. The fourth-order valence-electron chi connectivity index (χ4n) is 3.72. The van der Waals surface area contributed by atoms with Crippen LogP contribution in [0.2, 0.25) is 0 Å². The van der Waals surface area contributed by atoms with Crippen molar-refractivity contribution >= 4 is 5.91 Å². The van der Waals surface area contributed by atoms with E-state index in [1.807, 2.05) is 18.2 Å². The van der Waals surface area contributed by atoms with Gasteiger partial charge in [0.15, 0.2) is 0 Å². The molecule has 1 aliphatic rings. The predicted octanol–water partition coefficient (Wildman–Crippen LogP) is 3.36. The molecule has 140 valence electrons. The molecule has 1 amide bonds. The summed E-state index contributed by atoms with van der Waals surface area (Å²) in [5, 5.41) is 3.29. The molecule has 1 fully saturated rings. The molecule has 0 aromatic heterocycles. The highest BCUT2D eigenvalue weighted by molar-refractivity contribution is 5.88. The molecule has 0 aliphatic carbocycles. The Balaban J connectivity index is 1.96. The highest BCUT2D eigenvalue weighted by Gasteiger charge is 2.41. The normalized spacial score (nSPS) is 18.1. The lowest BCUT2D eigenvalue weighted by atomic mass is 9.73. The van der Waals surface area contributed by atoms with Gasteiger partial charge in [0.05, 0.1) is 5.41 Å². The van der Waals surface area contributed by atoms with Gasteiger partial charge in [-0.2, -0.15) is 0 Å². The van der Waals surface area contributed by atoms with E-state index in [0.29, 0.717) is 13.2 Å². The zero-order valence-corrected chi connectivity index (χ0v) is 16.1. The topological polar surface area (TPSA) is 41.6 Å². The Kier molecular flexibility index (Phi) is 7.91. The average molecular weight is 347 g/mol. The van der Waals surface area contributed by atoms with Crippen LogP contribution in [0.15, 0.2) is 30.3 Å². The van der Waals surface area contributed by atoms with Crippen molar-refractivity contribution < 1.29 is 9.53 Å². The summed E-state index contributed by atoms with van der Waals surface area (Å²) in [4.78, 5) is 15.6. The SMILES string of the molecule is CCN(CC)CCC[C@@H](C)NC(=O)C1(c2ccccc2)CCOCC1. The van der Waals surface area contributed by atoms with Crippen molar-refractivity contribution in [3.8, 4) is 0 Å². The summed E-state index contributed by atoms with van der Waals surface area (Å²) in [6.07, 6.45) is 3.65. The second-order valence-electron chi connectivity index (χ2n) is 7.10. The minimum atomic E-state index is -0.438. The third kappa shape index (κ3) is 5.29. The minimum Gasteiger partial charge on any atom is -0.381 e. The second kappa shape index (κ2) is 9.93. The van der Waals surface area contributed by atoms with Crippen molar-refractivity contribution in [1.29, 1.82) is 0 Å². The zero-order valence-electron chi connectivity index (χ0n) is 16.1. The molecule has 1 aromatic carbocycles. The standard InChI is InChI=1S/C21H34N2O2/c1-4-23(5-2)15-9-10-18(3)22-20(24)21(13-16-25-17-14-21)19-11-7-6-8-12-19/h6-8,11-12,18H,4-5,9-10,13-17H2,1-3H3,(H,22,24)/t18-/m1/s1. The molecule has 1 N–H and O–H groups in total. The number of nitrogens with one attached hydrogen (secondary N) is 1. The molecule has 1 heterocycles. The van der Waals surface area contributed by atoms with Crippen LogP contribution in [-0.4, -0.2) is 49.7 Å². The van der Waals surface area contributed by atoms with Crippen LogP contribution in [0.5, 0.6) is 0 Å². The minimum absolute atomic E-state index is 0.164. The molecule has 0 bridgehead atoms. The fraction of sp³-hybridized carbons (Fsp3) is 0.667. The molecule has 4 heteroatoms. The van der Waals surface area contributed by atoms with E-state index in [1.54, 1.807) is 0 Å². The van der Waals surface area contributed by atoms with Gasteiger partial charge < -0.3 is 15.0 Å². The summed E-state index contributed by atoms with van der Waals surface area (Å²) in [7, 11) is 0. The first-order valence-corrected chi connectivity index (χ1v) is 9.79. The van der Waals surface area contributed by atoms with E-state index >= 15 is 0 Å². The first-order valence-electron chi connectivity index (χ1n) is 9.79. The molecular weight excluding hydrogens is 312 g/mol. The van der Waals surface area contributed by atoms with Crippen LogP contribution in [-0.2, 0) is 14.9 Å². The molecule has 1 atom stereocenters. The molecule has 4 nitrogen and oxygen atoms in total.